The standard InChI is InChI=1S/C32H32O14/c1-15-27(20-6-9-23-25(12-20)39-11-10-38-23)28(37)22-8-7-21(13-24(22)41-15)45-32-31(44-19(5)36)30(43-18(4)35)29(42-17(3)34)26(46-32)14-40-16(2)33/h6-9,12-13,26,29-32H,10-11,14H2,1-5H3/t26-,29+,30+,31-,32+/m0/s1. The molecule has 5 rings (SSSR count). The molecule has 3 heterocycles. The summed E-state index contributed by atoms with van der Waals surface area (Å²) < 4.78 is 50.7. The molecule has 0 saturated carbocycles. The predicted molar refractivity (Wildman–Crippen MR) is 156 cm³/mol. The molecule has 0 amide bonds. The molecular formula is C32H32O14. The van der Waals surface area contributed by atoms with Crippen molar-refractivity contribution in [3.8, 4) is 28.4 Å². The van der Waals surface area contributed by atoms with Crippen molar-refractivity contribution in [3.63, 3.8) is 0 Å². The molecule has 244 valence electrons. The number of rotatable bonds is 8. The molecule has 0 radical (unpaired) electrons. The van der Waals surface area contributed by atoms with Crippen LogP contribution in [0, 0.1) is 6.92 Å². The SMILES string of the molecule is CC(=O)OC[C@@H]1O[C@@H](Oc2ccc3c(=O)c(-c4ccc5c(c4)OCCO5)c(C)oc3c2)[C@@H](OC(C)=O)[C@H](OC(C)=O)[C@@H]1OC(C)=O. The number of ether oxygens (including phenoxy) is 8. The van der Waals surface area contributed by atoms with Crippen LogP contribution in [0.1, 0.15) is 33.5 Å². The summed E-state index contributed by atoms with van der Waals surface area (Å²) >= 11 is 0. The Labute approximate surface area is 262 Å². The second-order valence-corrected chi connectivity index (χ2v) is 10.6. The van der Waals surface area contributed by atoms with Gasteiger partial charge < -0.3 is 42.3 Å². The van der Waals surface area contributed by atoms with Crippen molar-refractivity contribution in [2.45, 2.75) is 65.3 Å². The van der Waals surface area contributed by atoms with Crippen molar-refractivity contribution in [2.24, 2.45) is 0 Å². The maximum atomic E-state index is 13.6. The van der Waals surface area contributed by atoms with Crippen LogP contribution in [0.5, 0.6) is 17.2 Å². The second-order valence-electron chi connectivity index (χ2n) is 10.6. The molecule has 1 fully saturated rings. The number of carbonyl (C=O) groups excluding carboxylic acids is 4. The summed E-state index contributed by atoms with van der Waals surface area (Å²) in [6.07, 6.45) is -6.81. The van der Waals surface area contributed by atoms with Crippen molar-refractivity contribution >= 4 is 34.8 Å². The van der Waals surface area contributed by atoms with Gasteiger partial charge in [0.15, 0.2) is 23.7 Å². The molecule has 1 aromatic heterocycles. The van der Waals surface area contributed by atoms with Crippen molar-refractivity contribution in [2.75, 3.05) is 19.8 Å². The summed E-state index contributed by atoms with van der Waals surface area (Å²) in [6, 6.07) is 9.64. The van der Waals surface area contributed by atoms with E-state index in [4.69, 9.17) is 42.3 Å². The third-order valence-electron chi connectivity index (χ3n) is 7.07. The van der Waals surface area contributed by atoms with Gasteiger partial charge in [-0.2, -0.15) is 0 Å². The minimum Gasteiger partial charge on any atom is -0.486 e. The highest BCUT2D eigenvalue weighted by atomic mass is 16.7. The first-order valence-electron chi connectivity index (χ1n) is 14.4. The van der Waals surface area contributed by atoms with E-state index in [1.807, 2.05) is 0 Å². The lowest BCUT2D eigenvalue weighted by molar-refractivity contribution is -0.288. The molecule has 0 bridgehead atoms. The zero-order valence-corrected chi connectivity index (χ0v) is 25.7. The molecule has 5 atom stereocenters. The van der Waals surface area contributed by atoms with E-state index in [-0.39, 0.29) is 22.1 Å². The van der Waals surface area contributed by atoms with Gasteiger partial charge in [0.25, 0.3) is 0 Å². The number of fused-ring (bicyclic) bond motifs is 2. The highest BCUT2D eigenvalue weighted by Crippen LogP contribution is 2.36. The van der Waals surface area contributed by atoms with E-state index >= 15 is 0 Å². The fraction of sp³-hybridized carbons (Fsp3) is 0.406. The van der Waals surface area contributed by atoms with E-state index in [0.29, 0.717) is 41.6 Å². The van der Waals surface area contributed by atoms with Crippen LogP contribution in [-0.2, 0) is 42.9 Å². The van der Waals surface area contributed by atoms with Crippen molar-refractivity contribution in [1.82, 2.24) is 0 Å². The Balaban J connectivity index is 1.50. The minimum atomic E-state index is -1.46. The number of hydrogen-bond acceptors (Lipinski definition) is 14. The van der Waals surface area contributed by atoms with Gasteiger partial charge in [-0.15, -0.1) is 0 Å². The molecule has 2 aliphatic heterocycles. The van der Waals surface area contributed by atoms with Gasteiger partial charge in [0.1, 0.15) is 43.0 Å². The van der Waals surface area contributed by atoms with Gasteiger partial charge in [0.05, 0.1) is 10.9 Å². The second kappa shape index (κ2) is 13.5. The maximum absolute atomic E-state index is 13.6. The molecule has 14 nitrogen and oxygen atoms in total. The van der Waals surface area contributed by atoms with Crippen LogP contribution in [0.4, 0.5) is 0 Å². The van der Waals surface area contributed by atoms with Crippen molar-refractivity contribution in [1.29, 1.82) is 0 Å². The average Bonchev–Trinajstić information content (AvgIpc) is 2.98. The number of benzene rings is 2. The van der Waals surface area contributed by atoms with E-state index in [0.717, 1.165) is 20.8 Å². The quantitative estimate of drug-likeness (QED) is 0.260. The summed E-state index contributed by atoms with van der Waals surface area (Å²) in [4.78, 5) is 61.4. The molecule has 14 heteroatoms. The third kappa shape index (κ3) is 7.07. The first-order chi connectivity index (χ1) is 21.9. The topological polar surface area (TPSA) is 172 Å². The molecule has 0 N–H and O–H groups in total. The molecule has 46 heavy (non-hydrogen) atoms. The lowest BCUT2D eigenvalue weighted by Crippen LogP contribution is -2.63. The Hall–Kier alpha value is -5.11. The van der Waals surface area contributed by atoms with Gasteiger partial charge in [-0.05, 0) is 36.8 Å². The molecule has 2 aliphatic rings. The highest BCUT2D eigenvalue weighted by molar-refractivity contribution is 5.84. The van der Waals surface area contributed by atoms with Crippen LogP contribution < -0.4 is 19.6 Å². The monoisotopic (exact) mass is 640 g/mol. The number of carbonyl (C=O) groups is 4. The van der Waals surface area contributed by atoms with Gasteiger partial charge in [0.2, 0.25) is 17.8 Å². The van der Waals surface area contributed by atoms with E-state index in [9.17, 15) is 24.0 Å². The number of hydrogen-bond donors (Lipinski definition) is 0. The smallest absolute Gasteiger partial charge is 0.303 e. The zero-order chi connectivity index (χ0) is 33.1. The van der Waals surface area contributed by atoms with Crippen molar-refractivity contribution in [3.05, 3.63) is 52.4 Å². The summed E-state index contributed by atoms with van der Waals surface area (Å²) in [6.45, 7) is 6.62. The molecule has 2 aromatic carbocycles. The third-order valence-corrected chi connectivity index (χ3v) is 7.07. The Morgan fingerprint density at radius 3 is 2.11 bits per heavy atom. The van der Waals surface area contributed by atoms with Gasteiger partial charge in [-0.3, -0.25) is 24.0 Å². The normalized spacial score (nSPS) is 22.0. The van der Waals surface area contributed by atoms with Gasteiger partial charge in [-0.1, -0.05) is 6.07 Å². The fourth-order valence-electron chi connectivity index (χ4n) is 5.31. The minimum absolute atomic E-state index is 0.128. The Bertz CT molecular complexity index is 1730. The van der Waals surface area contributed by atoms with Crippen molar-refractivity contribution < 1.29 is 61.5 Å². The van der Waals surface area contributed by atoms with Gasteiger partial charge in [-0.25, -0.2) is 0 Å². The van der Waals surface area contributed by atoms with Crippen LogP contribution in [0.3, 0.4) is 0 Å². The molecule has 0 unspecified atom stereocenters. The van der Waals surface area contributed by atoms with Crippen LogP contribution in [0.2, 0.25) is 0 Å². The molecule has 3 aromatic rings. The fourth-order valence-corrected chi connectivity index (χ4v) is 5.31. The van der Waals surface area contributed by atoms with E-state index in [1.165, 1.54) is 25.1 Å². The Morgan fingerprint density at radius 1 is 0.783 bits per heavy atom. The first kappa shape index (κ1) is 32.3. The van der Waals surface area contributed by atoms with Gasteiger partial charge >= 0.3 is 23.9 Å². The zero-order valence-electron chi connectivity index (χ0n) is 25.7. The lowest BCUT2D eigenvalue weighted by Gasteiger charge is -2.43. The molecular weight excluding hydrogens is 608 g/mol. The number of esters is 4. The predicted octanol–water partition coefficient (Wildman–Crippen LogP) is 3.00. The first-order valence-corrected chi connectivity index (χ1v) is 14.4. The molecule has 1 saturated heterocycles. The van der Waals surface area contributed by atoms with E-state index < -0.39 is 61.2 Å². The molecule has 0 aliphatic carbocycles. The van der Waals surface area contributed by atoms with E-state index in [1.54, 1.807) is 25.1 Å². The summed E-state index contributed by atoms with van der Waals surface area (Å²) in [7, 11) is 0. The van der Waals surface area contributed by atoms with Gasteiger partial charge in [0, 0.05) is 33.8 Å². The van der Waals surface area contributed by atoms with Crippen LogP contribution in [0.25, 0.3) is 22.1 Å². The summed E-state index contributed by atoms with van der Waals surface area (Å²) in [5.41, 5.74) is 0.828. The Morgan fingerprint density at radius 2 is 1.43 bits per heavy atom. The van der Waals surface area contributed by atoms with Crippen LogP contribution in [-0.4, -0.2) is 74.4 Å². The van der Waals surface area contributed by atoms with Crippen LogP contribution >= 0.6 is 0 Å². The molecule has 0 spiro atoms. The largest absolute Gasteiger partial charge is 0.486 e. The number of aryl methyl sites for hydroxylation is 1. The maximum Gasteiger partial charge on any atom is 0.303 e. The summed E-state index contributed by atoms with van der Waals surface area (Å²) in [5, 5.41) is 0.254. The lowest BCUT2D eigenvalue weighted by atomic mass is 9.98. The Kier molecular flexibility index (Phi) is 9.46. The van der Waals surface area contributed by atoms with E-state index in [2.05, 4.69) is 0 Å². The average molecular weight is 641 g/mol. The highest BCUT2D eigenvalue weighted by Gasteiger charge is 2.53. The summed E-state index contributed by atoms with van der Waals surface area (Å²) in [5.74, 6) is -1.38. The van der Waals surface area contributed by atoms with Crippen LogP contribution in [0.15, 0.2) is 45.6 Å².